The molecule has 0 fully saturated rings. The standard InChI is InChI=1S/C26H27NO6/c1-15(2)11-12-33-21-10-7-17(13-20(21)26(27)30)23-22(31-3)14-19(25(32-4)24(23)29)16-5-8-18(28)9-6-16/h5-11,13-14,28-29H,12H2,1-4H3,(H2,27,30). The van der Waals surface area contributed by atoms with Crippen LogP contribution in [-0.2, 0) is 0 Å². The van der Waals surface area contributed by atoms with Crippen LogP contribution in [0, 0.1) is 0 Å². The number of allylic oxidation sites excluding steroid dienone is 1. The molecule has 0 unspecified atom stereocenters. The quantitative estimate of drug-likeness (QED) is 0.422. The molecule has 33 heavy (non-hydrogen) atoms. The lowest BCUT2D eigenvalue weighted by Gasteiger charge is -2.19. The van der Waals surface area contributed by atoms with Crippen LogP contribution < -0.4 is 19.9 Å². The number of benzene rings is 3. The fourth-order valence-electron chi connectivity index (χ4n) is 3.43. The van der Waals surface area contributed by atoms with Gasteiger partial charge in [0.25, 0.3) is 5.91 Å². The normalized spacial score (nSPS) is 10.4. The molecule has 172 valence electrons. The van der Waals surface area contributed by atoms with Crippen LogP contribution in [0.1, 0.15) is 24.2 Å². The van der Waals surface area contributed by atoms with Gasteiger partial charge in [-0.2, -0.15) is 0 Å². The van der Waals surface area contributed by atoms with E-state index in [0.717, 1.165) is 5.57 Å². The van der Waals surface area contributed by atoms with E-state index in [1.54, 1.807) is 48.5 Å². The van der Waals surface area contributed by atoms with Crippen molar-refractivity contribution in [2.45, 2.75) is 13.8 Å². The van der Waals surface area contributed by atoms with E-state index in [1.807, 2.05) is 19.9 Å². The van der Waals surface area contributed by atoms with E-state index in [1.165, 1.54) is 14.2 Å². The maximum atomic E-state index is 12.1. The van der Waals surface area contributed by atoms with Gasteiger partial charge < -0.3 is 30.2 Å². The summed E-state index contributed by atoms with van der Waals surface area (Å²) < 4.78 is 16.8. The first kappa shape index (κ1) is 23.5. The van der Waals surface area contributed by atoms with Crippen LogP contribution >= 0.6 is 0 Å². The second-order valence-electron chi connectivity index (χ2n) is 7.60. The van der Waals surface area contributed by atoms with Gasteiger partial charge in [0.2, 0.25) is 0 Å². The zero-order valence-electron chi connectivity index (χ0n) is 19.0. The van der Waals surface area contributed by atoms with E-state index in [2.05, 4.69) is 0 Å². The van der Waals surface area contributed by atoms with E-state index in [4.69, 9.17) is 19.9 Å². The van der Waals surface area contributed by atoms with Crippen LogP contribution in [0.2, 0.25) is 0 Å². The van der Waals surface area contributed by atoms with E-state index in [9.17, 15) is 15.0 Å². The third-order valence-corrected chi connectivity index (χ3v) is 5.08. The number of primary amides is 1. The first-order chi connectivity index (χ1) is 15.8. The van der Waals surface area contributed by atoms with Gasteiger partial charge in [0, 0.05) is 5.56 Å². The fourth-order valence-corrected chi connectivity index (χ4v) is 3.43. The predicted molar refractivity (Wildman–Crippen MR) is 127 cm³/mol. The summed E-state index contributed by atoms with van der Waals surface area (Å²) >= 11 is 0. The predicted octanol–water partition coefficient (Wildman–Crippen LogP) is 4.89. The molecule has 0 heterocycles. The highest BCUT2D eigenvalue weighted by Gasteiger charge is 2.23. The number of rotatable bonds is 8. The van der Waals surface area contributed by atoms with Crippen LogP contribution in [0.15, 0.2) is 60.2 Å². The van der Waals surface area contributed by atoms with Crippen LogP contribution in [0.25, 0.3) is 22.3 Å². The summed E-state index contributed by atoms with van der Waals surface area (Å²) in [5.41, 5.74) is 9.00. The Morgan fingerprint density at radius 3 is 2.18 bits per heavy atom. The molecule has 0 radical (unpaired) electrons. The van der Waals surface area contributed by atoms with Gasteiger partial charge in [-0.25, -0.2) is 0 Å². The van der Waals surface area contributed by atoms with Crippen LogP contribution in [-0.4, -0.2) is 36.9 Å². The molecule has 0 aliphatic rings. The van der Waals surface area contributed by atoms with Gasteiger partial charge in [0.15, 0.2) is 11.5 Å². The molecule has 0 spiro atoms. The smallest absolute Gasteiger partial charge is 0.252 e. The minimum Gasteiger partial charge on any atom is -0.508 e. The lowest BCUT2D eigenvalue weighted by Crippen LogP contribution is -2.13. The van der Waals surface area contributed by atoms with Crippen molar-refractivity contribution in [3.8, 4) is 51.0 Å². The Kier molecular flexibility index (Phi) is 7.13. The van der Waals surface area contributed by atoms with Crippen LogP contribution in [0.3, 0.4) is 0 Å². The monoisotopic (exact) mass is 449 g/mol. The number of phenolic OH excluding ortho intramolecular Hbond substituents is 2. The van der Waals surface area contributed by atoms with Crippen LogP contribution in [0.5, 0.6) is 28.7 Å². The number of ether oxygens (including phenoxy) is 3. The molecule has 3 aromatic carbocycles. The van der Waals surface area contributed by atoms with Gasteiger partial charge in [0.05, 0.1) is 25.3 Å². The van der Waals surface area contributed by atoms with Crippen molar-refractivity contribution in [1.29, 1.82) is 0 Å². The highest BCUT2D eigenvalue weighted by atomic mass is 16.5. The maximum Gasteiger partial charge on any atom is 0.252 e. The Bertz CT molecular complexity index is 1190. The number of carbonyl (C=O) groups is 1. The molecule has 0 bridgehead atoms. The first-order valence-corrected chi connectivity index (χ1v) is 10.2. The van der Waals surface area contributed by atoms with Crippen molar-refractivity contribution in [2.24, 2.45) is 5.73 Å². The Balaban J connectivity index is 2.15. The van der Waals surface area contributed by atoms with Crippen molar-refractivity contribution in [3.05, 3.63) is 65.7 Å². The SMILES string of the molecule is COc1cc(-c2ccc(O)cc2)c(OC)c(O)c1-c1ccc(OCC=C(C)C)c(C(N)=O)c1. The largest absolute Gasteiger partial charge is 0.508 e. The molecule has 7 heteroatoms. The number of nitrogens with two attached hydrogens (primary N) is 1. The number of phenols is 2. The van der Waals surface area contributed by atoms with Gasteiger partial charge in [-0.05, 0) is 61.4 Å². The molecule has 3 aromatic rings. The van der Waals surface area contributed by atoms with Crippen molar-refractivity contribution in [1.82, 2.24) is 0 Å². The Morgan fingerprint density at radius 2 is 1.61 bits per heavy atom. The lowest BCUT2D eigenvalue weighted by atomic mass is 9.95. The average Bonchev–Trinajstić information content (AvgIpc) is 2.79. The third-order valence-electron chi connectivity index (χ3n) is 5.08. The molecule has 0 aromatic heterocycles. The summed E-state index contributed by atoms with van der Waals surface area (Å²) in [6.07, 6.45) is 1.89. The summed E-state index contributed by atoms with van der Waals surface area (Å²) in [5, 5.41) is 20.7. The minimum absolute atomic E-state index is 0.122. The minimum atomic E-state index is -0.657. The molecule has 3 rings (SSSR count). The highest BCUT2D eigenvalue weighted by Crippen LogP contribution is 2.50. The molecular weight excluding hydrogens is 422 g/mol. The third kappa shape index (κ3) is 5.03. The molecule has 0 saturated heterocycles. The zero-order chi connectivity index (χ0) is 24.1. The van der Waals surface area contributed by atoms with Crippen molar-refractivity contribution < 1.29 is 29.2 Å². The highest BCUT2D eigenvalue weighted by molar-refractivity contribution is 5.98. The molecule has 0 atom stereocenters. The van der Waals surface area contributed by atoms with E-state index in [-0.39, 0.29) is 22.8 Å². The Hall–Kier alpha value is -4.13. The van der Waals surface area contributed by atoms with Crippen molar-refractivity contribution in [3.63, 3.8) is 0 Å². The second-order valence-corrected chi connectivity index (χ2v) is 7.60. The first-order valence-electron chi connectivity index (χ1n) is 10.2. The van der Waals surface area contributed by atoms with Gasteiger partial charge in [-0.1, -0.05) is 23.8 Å². The summed E-state index contributed by atoms with van der Waals surface area (Å²) in [6, 6.07) is 13.1. The second kappa shape index (κ2) is 9.99. The number of aromatic hydroxyl groups is 2. The molecule has 7 nitrogen and oxygen atoms in total. The van der Waals surface area contributed by atoms with Gasteiger partial charge >= 0.3 is 0 Å². The van der Waals surface area contributed by atoms with Gasteiger partial charge in [-0.15, -0.1) is 0 Å². The lowest BCUT2D eigenvalue weighted by molar-refractivity contribution is 0.0997. The summed E-state index contributed by atoms with van der Waals surface area (Å²) in [4.78, 5) is 12.1. The number of methoxy groups -OCH3 is 2. The summed E-state index contributed by atoms with van der Waals surface area (Å²) in [6.45, 7) is 4.20. The molecule has 1 amide bonds. The summed E-state index contributed by atoms with van der Waals surface area (Å²) in [7, 11) is 2.93. The molecule has 4 N–H and O–H groups in total. The van der Waals surface area contributed by atoms with E-state index in [0.29, 0.717) is 40.4 Å². The summed E-state index contributed by atoms with van der Waals surface area (Å²) in [5.74, 6) is 0.237. The van der Waals surface area contributed by atoms with E-state index < -0.39 is 5.91 Å². The molecular formula is C26H27NO6. The number of carbonyl (C=O) groups excluding carboxylic acids is 1. The number of hydrogen-bond acceptors (Lipinski definition) is 6. The van der Waals surface area contributed by atoms with E-state index >= 15 is 0 Å². The van der Waals surface area contributed by atoms with Gasteiger partial charge in [-0.3, -0.25) is 4.79 Å². The van der Waals surface area contributed by atoms with Crippen LogP contribution in [0.4, 0.5) is 0 Å². The number of hydrogen-bond donors (Lipinski definition) is 3. The fraction of sp³-hybridized carbons (Fsp3) is 0.192. The molecule has 0 aliphatic carbocycles. The molecule has 0 saturated carbocycles. The maximum absolute atomic E-state index is 12.1. The van der Waals surface area contributed by atoms with Gasteiger partial charge in [0.1, 0.15) is 23.9 Å². The average molecular weight is 450 g/mol. The van der Waals surface area contributed by atoms with Crippen molar-refractivity contribution >= 4 is 5.91 Å². The topological polar surface area (TPSA) is 111 Å². The number of amides is 1. The van der Waals surface area contributed by atoms with Crippen molar-refractivity contribution in [2.75, 3.05) is 20.8 Å². The Morgan fingerprint density at radius 1 is 0.939 bits per heavy atom. The zero-order valence-corrected chi connectivity index (χ0v) is 19.0. The Labute approximate surface area is 192 Å². The molecule has 0 aliphatic heterocycles.